The summed E-state index contributed by atoms with van der Waals surface area (Å²) >= 11 is 18.3. The zero-order chi connectivity index (χ0) is 18.7. The van der Waals surface area contributed by atoms with Crippen LogP contribution in [0.3, 0.4) is 0 Å². The fourth-order valence-corrected chi connectivity index (χ4v) is 4.69. The van der Waals surface area contributed by atoms with Crippen molar-refractivity contribution in [3.8, 4) is 11.5 Å². The standard InChI is InChI=1S/C15H10Br4N2O3S/c1-24-13-8(2-6(16)3-11(13)19)14(23)21-15(25)20-7-4-9(17)12(22)10(18)5-7/h2-5,22H,1H3,(H2,20,21,23,25). The Kier molecular flexibility index (Phi) is 7.27. The van der Waals surface area contributed by atoms with Crippen molar-refractivity contribution in [1.82, 2.24) is 5.32 Å². The first kappa shape index (κ1) is 20.6. The molecule has 0 aliphatic carbocycles. The van der Waals surface area contributed by atoms with Crippen molar-refractivity contribution >= 4 is 92.6 Å². The van der Waals surface area contributed by atoms with Gasteiger partial charge in [0.15, 0.2) is 5.11 Å². The van der Waals surface area contributed by atoms with E-state index in [0.717, 1.165) is 4.47 Å². The quantitative estimate of drug-likeness (QED) is 0.310. The molecule has 2 rings (SSSR count). The van der Waals surface area contributed by atoms with Crippen LogP contribution < -0.4 is 15.4 Å². The highest BCUT2D eigenvalue weighted by Crippen LogP contribution is 2.35. The summed E-state index contributed by atoms with van der Waals surface area (Å²) in [6.07, 6.45) is 0. The molecule has 2 aromatic carbocycles. The number of hydrogen-bond acceptors (Lipinski definition) is 4. The van der Waals surface area contributed by atoms with Crippen LogP contribution in [0.5, 0.6) is 11.5 Å². The van der Waals surface area contributed by atoms with Gasteiger partial charge in [-0.3, -0.25) is 10.1 Å². The SMILES string of the molecule is COc1c(Br)cc(Br)cc1C(=O)NC(=S)Nc1cc(Br)c(O)c(Br)c1. The van der Waals surface area contributed by atoms with Crippen LogP contribution in [-0.4, -0.2) is 23.2 Å². The third kappa shape index (κ3) is 5.16. The van der Waals surface area contributed by atoms with E-state index < -0.39 is 5.91 Å². The topological polar surface area (TPSA) is 70.6 Å². The number of thiocarbonyl (C=S) groups is 1. The smallest absolute Gasteiger partial charge is 0.261 e. The molecule has 1 amide bonds. The van der Waals surface area contributed by atoms with Crippen LogP contribution in [0.4, 0.5) is 5.69 Å². The molecule has 132 valence electrons. The summed E-state index contributed by atoms with van der Waals surface area (Å²) in [5, 5.41) is 15.3. The Hall–Kier alpha value is -0.680. The normalized spacial score (nSPS) is 10.3. The molecule has 0 spiro atoms. The number of amides is 1. The van der Waals surface area contributed by atoms with Crippen molar-refractivity contribution in [1.29, 1.82) is 0 Å². The second-order valence-corrected chi connectivity index (χ2v) is 8.55. The summed E-state index contributed by atoms with van der Waals surface area (Å²) in [4.78, 5) is 12.5. The van der Waals surface area contributed by atoms with E-state index in [1.807, 2.05) is 0 Å². The van der Waals surface area contributed by atoms with E-state index in [2.05, 4.69) is 74.4 Å². The maximum absolute atomic E-state index is 12.5. The Morgan fingerprint density at radius 1 is 1.08 bits per heavy atom. The van der Waals surface area contributed by atoms with E-state index in [1.165, 1.54) is 7.11 Å². The van der Waals surface area contributed by atoms with Crippen LogP contribution in [0, 0.1) is 0 Å². The van der Waals surface area contributed by atoms with Crippen molar-refractivity contribution in [3.05, 3.63) is 47.7 Å². The molecule has 0 saturated carbocycles. The number of aromatic hydroxyl groups is 1. The lowest BCUT2D eigenvalue weighted by Gasteiger charge is -2.14. The highest BCUT2D eigenvalue weighted by atomic mass is 79.9. The number of nitrogens with one attached hydrogen (secondary N) is 2. The van der Waals surface area contributed by atoms with Crippen molar-refractivity contribution in [2.45, 2.75) is 0 Å². The van der Waals surface area contributed by atoms with Gasteiger partial charge in [0.1, 0.15) is 11.5 Å². The zero-order valence-corrected chi connectivity index (χ0v) is 19.7. The lowest BCUT2D eigenvalue weighted by molar-refractivity contribution is 0.0974. The molecule has 25 heavy (non-hydrogen) atoms. The molecule has 3 N–H and O–H groups in total. The molecule has 0 aliphatic heterocycles. The summed E-state index contributed by atoms with van der Waals surface area (Å²) in [5.74, 6) is 0.0520. The highest BCUT2D eigenvalue weighted by molar-refractivity contribution is 9.11. The molecule has 0 aromatic heterocycles. The predicted molar refractivity (Wildman–Crippen MR) is 116 cm³/mol. The predicted octanol–water partition coefficient (Wildman–Crippen LogP) is 5.58. The minimum absolute atomic E-state index is 0.0734. The van der Waals surface area contributed by atoms with Gasteiger partial charge in [0.05, 0.1) is 26.1 Å². The Labute approximate surface area is 183 Å². The van der Waals surface area contributed by atoms with Crippen molar-refractivity contribution in [2.75, 3.05) is 12.4 Å². The van der Waals surface area contributed by atoms with E-state index >= 15 is 0 Å². The molecule has 0 bridgehead atoms. The number of phenols is 1. The van der Waals surface area contributed by atoms with Gasteiger partial charge in [-0.05, 0) is 84.3 Å². The fraction of sp³-hybridized carbons (Fsp3) is 0.0667. The van der Waals surface area contributed by atoms with Crippen molar-refractivity contribution in [3.63, 3.8) is 0 Å². The Balaban J connectivity index is 2.17. The molecule has 0 fully saturated rings. The number of ether oxygens (including phenoxy) is 1. The highest BCUT2D eigenvalue weighted by Gasteiger charge is 2.17. The Bertz CT molecular complexity index is 838. The number of benzene rings is 2. The Morgan fingerprint density at radius 2 is 1.68 bits per heavy atom. The second-order valence-electron chi connectivity index (χ2n) is 4.67. The molecule has 0 aliphatic rings. The van der Waals surface area contributed by atoms with Crippen LogP contribution in [0.15, 0.2) is 42.2 Å². The van der Waals surface area contributed by atoms with Gasteiger partial charge >= 0.3 is 0 Å². The molecule has 5 nitrogen and oxygen atoms in total. The third-order valence-corrected chi connectivity index (χ3v) is 5.42. The van der Waals surface area contributed by atoms with Crippen LogP contribution in [0.2, 0.25) is 0 Å². The molecule has 0 heterocycles. The van der Waals surface area contributed by atoms with E-state index in [1.54, 1.807) is 24.3 Å². The van der Waals surface area contributed by atoms with Crippen molar-refractivity contribution in [2.24, 2.45) is 0 Å². The average Bonchev–Trinajstić information content (AvgIpc) is 2.51. The van der Waals surface area contributed by atoms with Gasteiger partial charge in [-0.15, -0.1) is 0 Å². The molecule has 0 radical (unpaired) electrons. The van der Waals surface area contributed by atoms with Gasteiger partial charge in [-0.1, -0.05) is 15.9 Å². The summed E-state index contributed by atoms with van der Waals surface area (Å²) < 4.78 is 7.59. The van der Waals surface area contributed by atoms with Gasteiger partial charge in [-0.25, -0.2) is 0 Å². The monoisotopic (exact) mass is 614 g/mol. The number of carbonyl (C=O) groups is 1. The minimum atomic E-state index is -0.423. The largest absolute Gasteiger partial charge is 0.506 e. The van der Waals surface area contributed by atoms with Gasteiger partial charge < -0.3 is 15.2 Å². The molecular weight excluding hydrogens is 608 g/mol. The third-order valence-electron chi connectivity index (χ3n) is 2.96. The first-order valence-electron chi connectivity index (χ1n) is 6.56. The van der Waals surface area contributed by atoms with E-state index in [4.69, 9.17) is 17.0 Å². The van der Waals surface area contributed by atoms with E-state index in [-0.39, 0.29) is 10.9 Å². The van der Waals surface area contributed by atoms with Crippen LogP contribution in [0.1, 0.15) is 10.4 Å². The van der Waals surface area contributed by atoms with E-state index in [9.17, 15) is 9.90 Å². The molecule has 2 aromatic rings. The molecule has 0 atom stereocenters. The molecule has 10 heteroatoms. The fourth-order valence-electron chi connectivity index (χ4n) is 1.91. The number of methoxy groups -OCH3 is 1. The zero-order valence-electron chi connectivity index (χ0n) is 12.5. The number of hydrogen-bond donors (Lipinski definition) is 3. The van der Waals surface area contributed by atoms with Gasteiger partial charge in [0, 0.05) is 10.2 Å². The first-order valence-corrected chi connectivity index (χ1v) is 10.1. The minimum Gasteiger partial charge on any atom is -0.506 e. The second kappa shape index (κ2) is 8.81. The van der Waals surface area contributed by atoms with E-state index in [0.29, 0.717) is 30.4 Å². The van der Waals surface area contributed by atoms with Crippen molar-refractivity contribution < 1.29 is 14.6 Å². The lowest BCUT2D eigenvalue weighted by Crippen LogP contribution is -2.34. The average molecular weight is 618 g/mol. The molecule has 0 saturated heterocycles. The van der Waals surface area contributed by atoms with Crippen LogP contribution in [0.25, 0.3) is 0 Å². The molecular formula is C15H10Br4N2O3S. The number of phenolic OH excluding ortho intramolecular Hbond substituents is 1. The van der Waals surface area contributed by atoms with Gasteiger partial charge in [0.2, 0.25) is 0 Å². The summed E-state index contributed by atoms with van der Waals surface area (Å²) in [7, 11) is 1.48. The summed E-state index contributed by atoms with van der Waals surface area (Å²) in [6.45, 7) is 0. The molecule has 0 unspecified atom stereocenters. The van der Waals surface area contributed by atoms with Gasteiger partial charge in [0.25, 0.3) is 5.91 Å². The van der Waals surface area contributed by atoms with Gasteiger partial charge in [-0.2, -0.15) is 0 Å². The maximum atomic E-state index is 12.5. The summed E-state index contributed by atoms with van der Waals surface area (Å²) in [6, 6.07) is 6.68. The van der Waals surface area contributed by atoms with Crippen LogP contribution in [-0.2, 0) is 0 Å². The maximum Gasteiger partial charge on any atom is 0.261 e. The number of carbonyl (C=O) groups excluding carboxylic acids is 1. The number of halogens is 4. The lowest BCUT2D eigenvalue weighted by atomic mass is 10.2. The summed E-state index contributed by atoms with van der Waals surface area (Å²) in [5.41, 5.74) is 0.908. The Morgan fingerprint density at radius 3 is 2.24 bits per heavy atom. The number of anilines is 1. The first-order chi connectivity index (χ1) is 11.7. The van der Waals surface area contributed by atoms with Crippen LogP contribution >= 0.6 is 75.9 Å². The number of rotatable bonds is 3.